The second-order valence-corrected chi connectivity index (χ2v) is 5.16. The van der Waals surface area contributed by atoms with Crippen LogP contribution in [0.25, 0.3) is 0 Å². The Bertz CT molecular complexity index is 619. The molecule has 1 aromatic heterocycles. The number of anilines is 2. The minimum atomic E-state index is -0.0470. The van der Waals surface area contributed by atoms with Gasteiger partial charge in [-0.2, -0.15) is 15.0 Å². The number of nitrogens with zero attached hydrogens (tertiary/aromatic N) is 3. The van der Waals surface area contributed by atoms with Gasteiger partial charge >= 0.3 is 6.01 Å². The Hall–Kier alpha value is -1.59. The smallest absolute Gasteiger partial charge is 0.322 e. The Morgan fingerprint density at radius 3 is 2.60 bits per heavy atom. The molecule has 0 radical (unpaired) electrons. The maximum Gasteiger partial charge on any atom is 0.322 e. The van der Waals surface area contributed by atoms with Gasteiger partial charge in [0.15, 0.2) is 0 Å². The molecule has 2 aromatic rings. The zero-order valence-electron chi connectivity index (χ0n) is 11.3. The third-order valence-electron chi connectivity index (χ3n) is 2.44. The van der Waals surface area contributed by atoms with Crippen molar-refractivity contribution in [2.24, 2.45) is 0 Å². The lowest BCUT2D eigenvalue weighted by Gasteiger charge is -2.11. The lowest BCUT2D eigenvalue weighted by Crippen LogP contribution is -2.10. The van der Waals surface area contributed by atoms with Crippen molar-refractivity contribution < 1.29 is 4.74 Å². The summed E-state index contributed by atoms with van der Waals surface area (Å²) >= 11 is 11.9. The van der Waals surface area contributed by atoms with E-state index in [0.29, 0.717) is 11.0 Å². The van der Waals surface area contributed by atoms with Crippen molar-refractivity contribution in [1.82, 2.24) is 15.0 Å². The lowest BCUT2D eigenvalue weighted by molar-refractivity contribution is 0.222. The Morgan fingerprint density at radius 1 is 1.15 bits per heavy atom. The highest BCUT2D eigenvalue weighted by molar-refractivity contribution is 6.31. The number of halogens is 2. The van der Waals surface area contributed by atoms with E-state index >= 15 is 0 Å². The highest BCUT2D eigenvalue weighted by Crippen LogP contribution is 2.25. The quantitative estimate of drug-likeness (QED) is 0.924. The summed E-state index contributed by atoms with van der Waals surface area (Å²) in [5.41, 5.74) is 1.70. The molecule has 1 N–H and O–H groups in total. The monoisotopic (exact) mass is 312 g/mol. The highest BCUT2D eigenvalue weighted by atomic mass is 35.5. The fourth-order valence-corrected chi connectivity index (χ4v) is 1.84. The van der Waals surface area contributed by atoms with E-state index in [2.05, 4.69) is 20.3 Å². The van der Waals surface area contributed by atoms with Crippen LogP contribution in [0.15, 0.2) is 18.2 Å². The van der Waals surface area contributed by atoms with Gasteiger partial charge in [0.05, 0.1) is 6.10 Å². The van der Waals surface area contributed by atoms with Gasteiger partial charge in [0.2, 0.25) is 11.2 Å². The third kappa shape index (κ3) is 3.71. The van der Waals surface area contributed by atoms with E-state index < -0.39 is 0 Å². The van der Waals surface area contributed by atoms with Crippen LogP contribution in [0.5, 0.6) is 6.01 Å². The van der Waals surface area contributed by atoms with Crippen LogP contribution in [-0.2, 0) is 0 Å². The topological polar surface area (TPSA) is 59.9 Å². The normalized spacial score (nSPS) is 10.7. The summed E-state index contributed by atoms with van der Waals surface area (Å²) in [6, 6.07) is 5.71. The molecular weight excluding hydrogens is 299 g/mol. The third-order valence-corrected chi connectivity index (χ3v) is 3.02. The van der Waals surface area contributed by atoms with Gasteiger partial charge in [-0.3, -0.25) is 0 Å². The molecule has 106 valence electrons. The van der Waals surface area contributed by atoms with Gasteiger partial charge in [0, 0.05) is 10.7 Å². The number of ether oxygens (including phenoxy) is 1. The van der Waals surface area contributed by atoms with E-state index in [1.165, 1.54) is 0 Å². The van der Waals surface area contributed by atoms with Gasteiger partial charge in [0.25, 0.3) is 0 Å². The van der Waals surface area contributed by atoms with E-state index in [1.54, 1.807) is 0 Å². The van der Waals surface area contributed by atoms with E-state index in [0.717, 1.165) is 11.3 Å². The SMILES string of the molecule is Cc1c(Cl)cccc1Nc1nc(Cl)nc(OC(C)C)n1. The highest BCUT2D eigenvalue weighted by Gasteiger charge is 2.09. The van der Waals surface area contributed by atoms with Gasteiger partial charge in [-0.25, -0.2) is 0 Å². The van der Waals surface area contributed by atoms with E-state index in [9.17, 15) is 0 Å². The fraction of sp³-hybridized carbons (Fsp3) is 0.308. The molecular formula is C13H14Cl2N4O. The van der Waals surface area contributed by atoms with Crippen LogP contribution in [0, 0.1) is 6.92 Å². The molecule has 0 aliphatic rings. The number of aromatic nitrogens is 3. The lowest BCUT2D eigenvalue weighted by atomic mass is 10.2. The molecule has 0 aliphatic heterocycles. The fourth-order valence-electron chi connectivity index (χ4n) is 1.51. The number of hydrogen-bond donors (Lipinski definition) is 1. The molecule has 1 heterocycles. The first-order chi connectivity index (χ1) is 9.45. The molecule has 2 rings (SSSR count). The maximum absolute atomic E-state index is 6.07. The van der Waals surface area contributed by atoms with Crippen LogP contribution >= 0.6 is 23.2 Å². The summed E-state index contributed by atoms with van der Waals surface area (Å²) < 4.78 is 5.41. The first kappa shape index (κ1) is 14.8. The van der Waals surface area contributed by atoms with Crippen LogP contribution in [0.1, 0.15) is 19.4 Å². The molecule has 1 aromatic carbocycles. The molecule has 0 saturated carbocycles. The Labute approximate surface area is 127 Å². The van der Waals surface area contributed by atoms with E-state index in [4.69, 9.17) is 27.9 Å². The summed E-state index contributed by atoms with van der Waals surface area (Å²) in [7, 11) is 0. The second kappa shape index (κ2) is 6.24. The standard InChI is InChI=1S/C13H14Cl2N4O/c1-7(2)20-13-18-11(15)17-12(19-13)16-10-6-4-5-9(14)8(10)3/h4-7H,1-3H3,(H,16,17,18,19). The summed E-state index contributed by atoms with van der Waals surface area (Å²) in [6.45, 7) is 5.66. The Balaban J connectivity index is 2.29. The maximum atomic E-state index is 6.07. The van der Waals surface area contributed by atoms with E-state index in [-0.39, 0.29) is 17.4 Å². The average Bonchev–Trinajstić information content (AvgIpc) is 2.33. The van der Waals surface area contributed by atoms with Crippen molar-refractivity contribution in [2.45, 2.75) is 26.9 Å². The largest absolute Gasteiger partial charge is 0.461 e. The second-order valence-electron chi connectivity index (χ2n) is 4.41. The van der Waals surface area contributed by atoms with Crippen molar-refractivity contribution in [3.8, 4) is 6.01 Å². The predicted octanol–water partition coefficient (Wildman–Crippen LogP) is 4.02. The minimum Gasteiger partial charge on any atom is -0.461 e. The van der Waals surface area contributed by atoms with Crippen molar-refractivity contribution in [1.29, 1.82) is 0 Å². The number of nitrogens with one attached hydrogen (secondary N) is 1. The summed E-state index contributed by atoms with van der Waals surface area (Å²) in [5.74, 6) is 0.311. The van der Waals surface area contributed by atoms with Crippen molar-refractivity contribution in [3.63, 3.8) is 0 Å². The zero-order chi connectivity index (χ0) is 14.7. The molecule has 7 heteroatoms. The van der Waals surface area contributed by atoms with Crippen molar-refractivity contribution in [3.05, 3.63) is 34.1 Å². The Morgan fingerprint density at radius 2 is 1.90 bits per heavy atom. The number of rotatable bonds is 4. The molecule has 5 nitrogen and oxygen atoms in total. The first-order valence-corrected chi connectivity index (χ1v) is 6.81. The Kier molecular flexibility index (Phi) is 4.62. The van der Waals surface area contributed by atoms with Crippen LogP contribution in [0.4, 0.5) is 11.6 Å². The minimum absolute atomic E-state index is 0.0470. The summed E-state index contributed by atoms with van der Waals surface area (Å²) in [5, 5.41) is 3.78. The molecule has 0 spiro atoms. The van der Waals surface area contributed by atoms with Crippen LogP contribution < -0.4 is 10.1 Å². The van der Waals surface area contributed by atoms with Gasteiger partial charge in [-0.1, -0.05) is 17.7 Å². The van der Waals surface area contributed by atoms with Gasteiger partial charge in [-0.05, 0) is 50.1 Å². The van der Waals surface area contributed by atoms with Crippen LogP contribution in [0.3, 0.4) is 0 Å². The number of hydrogen-bond acceptors (Lipinski definition) is 5. The first-order valence-electron chi connectivity index (χ1n) is 6.06. The van der Waals surface area contributed by atoms with Crippen molar-refractivity contribution in [2.75, 3.05) is 5.32 Å². The molecule has 0 saturated heterocycles. The van der Waals surface area contributed by atoms with E-state index in [1.807, 2.05) is 39.0 Å². The zero-order valence-corrected chi connectivity index (χ0v) is 12.8. The molecule has 0 atom stereocenters. The average molecular weight is 313 g/mol. The van der Waals surface area contributed by atoms with Crippen LogP contribution in [-0.4, -0.2) is 21.1 Å². The summed E-state index contributed by atoms with van der Waals surface area (Å²) in [6.07, 6.45) is -0.0470. The van der Waals surface area contributed by atoms with Gasteiger partial charge in [0.1, 0.15) is 0 Å². The molecule has 0 bridgehead atoms. The molecule has 0 amide bonds. The molecule has 0 aliphatic carbocycles. The molecule has 20 heavy (non-hydrogen) atoms. The van der Waals surface area contributed by atoms with Gasteiger partial charge in [-0.15, -0.1) is 0 Å². The predicted molar refractivity (Wildman–Crippen MR) is 80.1 cm³/mol. The van der Waals surface area contributed by atoms with Gasteiger partial charge < -0.3 is 10.1 Å². The van der Waals surface area contributed by atoms with Crippen LogP contribution in [0.2, 0.25) is 10.3 Å². The molecule has 0 unspecified atom stereocenters. The summed E-state index contributed by atoms with van der Waals surface area (Å²) in [4.78, 5) is 12.1. The number of benzene rings is 1. The van der Waals surface area contributed by atoms with Crippen molar-refractivity contribution >= 4 is 34.8 Å². The molecule has 0 fully saturated rings.